The van der Waals surface area contributed by atoms with Gasteiger partial charge < -0.3 is 0 Å². The van der Waals surface area contributed by atoms with Crippen LogP contribution in [-0.2, 0) is 0 Å². The van der Waals surface area contributed by atoms with Gasteiger partial charge in [0.1, 0.15) is 0 Å². The SMILES string of the molecule is CCCCC.FC=C(F)F. The van der Waals surface area contributed by atoms with Crippen molar-refractivity contribution in [3.05, 3.63) is 12.4 Å². The Labute approximate surface area is 59.7 Å². The highest BCUT2D eigenvalue weighted by Crippen LogP contribution is 1.93. The van der Waals surface area contributed by atoms with Crippen LogP contribution in [0.3, 0.4) is 0 Å². The zero-order chi connectivity index (χ0) is 8.41. The predicted molar refractivity (Wildman–Crippen MR) is 36.6 cm³/mol. The van der Waals surface area contributed by atoms with Gasteiger partial charge >= 0.3 is 0 Å². The van der Waals surface area contributed by atoms with Gasteiger partial charge in [-0.2, -0.15) is 8.78 Å². The third-order valence-electron chi connectivity index (χ3n) is 0.790. The van der Waals surface area contributed by atoms with E-state index in [-0.39, 0.29) is 0 Å². The molecule has 0 N–H and O–H groups in total. The molecule has 0 amide bonds. The summed E-state index contributed by atoms with van der Waals surface area (Å²) in [5.41, 5.74) is 0. The Morgan fingerprint density at radius 1 is 1.20 bits per heavy atom. The van der Waals surface area contributed by atoms with Crippen molar-refractivity contribution in [3.8, 4) is 0 Å². The van der Waals surface area contributed by atoms with E-state index in [4.69, 9.17) is 0 Å². The molecule has 0 rings (SSSR count). The molecule has 0 bridgehead atoms. The maximum absolute atomic E-state index is 10.2. The lowest BCUT2D eigenvalue weighted by molar-refractivity contribution is 0.400. The molecule has 0 fully saturated rings. The van der Waals surface area contributed by atoms with E-state index in [1.54, 1.807) is 0 Å². The molecular weight excluding hydrogens is 141 g/mol. The van der Waals surface area contributed by atoms with Crippen LogP contribution in [0.25, 0.3) is 0 Å². The first-order valence-electron chi connectivity index (χ1n) is 3.30. The van der Waals surface area contributed by atoms with Crippen LogP contribution in [0.5, 0.6) is 0 Å². The molecule has 0 heterocycles. The summed E-state index contributed by atoms with van der Waals surface area (Å²) < 4.78 is 30.7. The van der Waals surface area contributed by atoms with Crippen molar-refractivity contribution >= 4 is 0 Å². The summed E-state index contributed by atoms with van der Waals surface area (Å²) in [6.45, 7) is 4.42. The Kier molecular flexibility index (Phi) is 13.9. The first kappa shape index (κ1) is 12.2. The van der Waals surface area contributed by atoms with Crippen molar-refractivity contribution in [1.82, 2.24) is 0 Å². The third-order valence-corrected chi connectivity index (χ3v) is 0.790. The zero-order valence-corrected chi connectivity index (χ0v) is 6.33. The quantitative estimate of drug-likeness (QED) is 0.566. The molecule has 0 aromatic rings. The van der Waals surface area contributed by atoms with Gasteiger partial charge in [0.2, 0.25) is 0 Å². The second kappa shape index (κ2) is 11.3. The fourth-order valence-corrected chi connectivity index (χ4v) is 0.354. The molecule has 0 aromatic carbocycles. The molecule has 0 radical (unpaired) electrons. The summed E-state index contributed by atoms with van der Waals surface area (Å²) in [6.07, 6.45) is 1.04. The van der Waals surface area contributed by atoms with Crippen LogP contribution in [0.15, 0.2) is 12.4 Å². The van der Waals surface area contributed by atoms with Crippen molar-refractivity contribution < 1.29 is 13.2 Å². The maximum Gasteiger partial charge on any atom is 0.298 e. The van der Waals surface area contributed by atoms with Gasteiger partial charge in [-0.05, 0) is 0 Å². The van der Waals surface area contributed by atoms with Gasteiger partial charge in [0, 0.05) is 0 Å². The van der Waals surface area contributed by atoms with Crippen LogP contribution >= 0.6 is 0 Å². The number of halogens is 3. The average Bonchev–Trinajstić information content (AvgIpc) is 1.91. The van der Waals surface area contributed by atoms with E-state index in [2.05, 4.69) is 13.8 Å². The Morgan fingerprint density at radius 2 is 1.50 bits per heavy atom. The molecule has 0 spiro atoms. The number of hydrogen-bond acceptors (Lipinski definition) is 0. The van der Waals surface area contributed by atoms with E-state index in [1.165, 1.54) is 19.3 Å². The average molecular weight is 154 g/mol. The molecule has 0 saturated heterocycles. The molecule has 0 nitrogen and oxygen atoms in total. The Bertz CT molecular complexity index is 72.9. The standard InChI is InChI=1S/C5H12.C2HF3/c1-3-5-4-2;3-1-2(4)5/h3-5H2,1-2H3;1H. The summed E-state index contributed by atoms with van der Waals surface area (Å²) in [5, 5.41) is 0. The minimum absolute atomic E-state index is 0.750. The maximum atomic E-state index is 10.2. The molecular formula is C7H13F3. The zero-order valence-electron chi connectivity index (χ0n) is 6.33. The van der Waals surface area contributed by atoms with E-state index in [9.17, 15) is 13.2 Å². The molecule has 62 valence electrons. The fourth-order valence-electron chi connectivity index (χ4n) is 0.354. The molecule has 0 atom stereocenters. The van der Waals surface area contributed by atoms with Gasteiger partial charge in [-0.15, -0.1) is 0 Å². The topological polar surface area (TPSA) is 0 Å². The summed E-state index contributed by atoms with van der Waals surface area (Å²) in [4.78, 5) is 0. The van der Waals surface area contributed by atoms with E-state index >= 15 is 0 Å². The highest BCUT2D eigenvalue weighted by molar-refractivity contribution is 4.66. The first-order chi connectivity index (χ1) is 4.68. The van der Waals surface area contributed by atoms with Crippen molar-refractivity contribution in [2.24, 2.45) is 0 Å². The van der Waals surface area contributed by atoms with Gasteiger partial charge in [0.05, 0.1) is 0 Å². The van der Waals surface area contributed by atoms with E-state index in [0.717, 1.165) is 0 Å². The monoisotopic (exact) mass is 154 g/mol. The normalized spacial score (nSPS) is 7.70. The lowest BCUT2D eigenvalue weighted by Crippen LogP contribution is -1.59. The van der Waals surface area contributed by atoms with Gasteiger partial charge in [-0.25, -0.2) is 4.39 Å². The van der Waals surface area contributed by atoms with E-state index < -0.39 is 12.4 Å². The van der Waals surface area contributed by atoms with Crippen LogP contribution in [0.1, 0.15) is 33.1 Å². The van der Waals surface area contributed by atoms with Crippen molar-refractivity contribution in [1.29, 1.82) is 0 Å². The van der Waals surface area contributed by atoms with Gasteiger partial charge in [0.25, 0.3) is 6.08 Å². The highest BCUT2D eigenvalue weighted by Gasteiger charge is 1.78. The predicted octanol–water partition coefficient (Wildman–Crippen LogP) is 3.89. The van der Waals surface area contributed by atoms with Crippen LogP contribution in [0.4, 0.5) is 13.2 Å². The lowest BCUT2D eigenvalue weighted by atomic mass is 10.3. The molecule has 10 heavy (non-hydrogen) atoms. The van der Waals surface area contributed by atoms with Crippen LogP contribution in [-0.4, -0.2) is 0 Å². The number of unbranched alkanes of at least 4 members (excludes halogenated alkanes) is 2. The third kappa shape index (κ3) is 25.8. The Morgan fingerprint density at radius 3 is 1.50 bits per heavy atom. The molecule has 0 aliphatic carbocycles. The largest absolute Gasteiger partial charge is 0.298 e. The second-order valence-electron chi connectivity index (χ2n) is 1.75. The summed E-state index contributed by atoms with van der Waals surface area (Å²) in [6, 6.07) is 0. The Hall–Kier alpha value is -0.470. The summed E-state index contributed by atoms with van der Waals surface area (Å²) in [5.74, 6) is 0. The molecule has 0 aliphatic heterocycles. The van der Waals surface area contributed by atoms with Crippen LogP contribution in [0, 0.1) is 0 Å². The van der Waals surface area contributed by atoms with Gasteiger partial charge in [0.15, 0.2) is 6.33 Å². The van der Waals surface area contributed by atoms with E-state index in [1.807, 2.05) is 0 Å². The van der Waals surface area contributed by atoms with E-state index in [0.29, 0.717) is 0 Å². The summed E-state index contributed by atoms with van der Waals surface area (Å²) >= 11 is 0. The number of hydrogen-bond donors (Lipinski definition) is 0. The first-order valence-corrected chi connectivity index (χ1v) is 3.30. The fraction of sp³-hybridized carbons (Fsp3) is 0.714. The van der Waals surface area contributed by atoms with Gasteiger partial charge in [-0.1, -0.05) is 33.1 Å². The minimum Gasteiger partial charge on any atom is -0.210 e. The van der Waals surface area contributed by atoms with Crippen molar-refractivity contribution in [2.75, 3.05) is 0 Å². The highest BCUT2D eigenvalue weighted by atomic mass is 19.3. The smallest absolute Gasteiger partial charge is 0.210 e. The molecule has 0 aliphatic rings. The molecule has 0 saturated carbocycles. The molecule has 3 heteroatoms. The second-order valence-corrected chi connectivity index (χ2v) is 1.75. The van der Waals surface area contributed by atoms with Crippen LogP contribution < -0.4 is 0 Å². The summed E-state index contributed by atoms with van der Waals surface area (Å²) in [7, 11) is 0. The lowest BCUT2D eigenvalue weighted by Gasteiger charge is -1.79. The number of rotatable bonds is 2. The minimum atomic E-state index is -2.29. The van der Waals surface area contributed by atoms with Crippen LogP contribution in [0.2, 0.25) is 0 Å². The van der Waals surface area contributed by atoms with Crippen molar-refractivity contribution in [2.45, 2.75) is 33.1 Å². The molecule has 0 aromatic heterocycles. The van der Waals surface area contributed by atoms with Gasteiger partial charge in [-0.3, -0.25) is 0 Å². The molecule has 0 unspecified atom stereocenters. The van der Waals surface area contributed by atoms with Crippen molar-refractivity contribution in [3.63, 3.8) is 0 Å². The Balaban J connectivity index is 0.